The van der Waals surface area contributed by atoms with E-state index >= 15 is 0 Å². The quantitative estimate of drug-likeness (QED) is 0.886. The van der Waals surface area contributed by atoms with E-state index in [1.54, 1.807) is 7.11 Å². The third-order valence-electron chi connectivity index (χ3n) is 4.70. The first-order chi connectivity index (χ1) is 11.7. The van der Waals surface area contributed by atoms with E-state index in [9.17, 15) is 4.79 Å². The molecule has 0 bridgehead atoms. The average molecular weight is 327 g/mol. The Balaban J connectivity index is 1.66. The number of carbonyl (C=O) groups is 1. The molecule has 1 atom stereocenters. The van der Waals surface area contributed by atoms with Crippen LogP contribution in [-0.4, -0.2) is 37.6 Å². The van der Waals surface area contributed by atoms with Gasteiger partial charge in [0.05, 0.1) is 23.9 Å². The second kappa shape index (κ2) is 7.62. The van der Waals surface area contributed by atoms with Gasteiger partial charge in [-0.2, -0.15) is 0 Å². The Kier molecular flexibility index (Phi) is 5.30. The Labute approximate surface area is 142 Å². The van der Waals surface area contributed by atoms with Crippen molar-refractivity contribution in [1.29, 1.82) is 0 Å². The lowest BCUT2D eigenvalue weighted by atomic mass is 9.96. The Morgan fingerprint density at radius 1 is 1.42 bits per heavy atom. The van der Waals surface area contributed by atoms with Gasteiger partial charge >= 0.3 is 0 Å². The number of aryl methyl sites for hydroxylation is 1. The van der Waals surface area contributed by atoms with Crippen molar-refractivity contribution in [1.82, 2.24) is 15.6 Å². The maximum absolute atomic E-state index is 12.5. The first-order valence-electron chi connectivity index (χ1n) is 8.61. The van der Waals surface area contributed by atoms with Crippen LogP contribution in [0.4, 0.5) is 0 Å². The number of fused-ring (bicyclic) bond motifs is 1. The first kappa shape index (κ1) is 16.7. The molecule has 5 heteroatoms. The van der Waals surface area contributed by atoms with Crippen LogP contribution in [0.25, 0.3) is 10.9 Å². The van der Waals surface area contributed by atoms with Crippen LogP contribution in [0.2, 0.25) is 0 Å². The fourth-order valence-corrected chi connectivity index (χ4v) is 3.26. The lowest BCUT2D eigenvalue weighted by Gasteiger charge is -2.22. The molecule has 1 aromatic heterocycles. The van der Waals surface area contributed by atoms with Crippen molar-refractivity contribution in [3.05, 3.63) is 35.5 Å². The van der Waals surface area contributed by atoms with E-state index in [1.165, 1.54) is 12.8 Å². The van der Waals surface area contributed by atoms with Gasteiger partial charge in [0.15, 0.2) is 0 Å². The predicted molar refractivity (Wildman–Crippen MR) is 95.6 cm³/mol. The van der Waals surface area contributed by atoms with Gasteiger partial charge in [0.2, 0.25) is 0 Å². The summed E-state index contributed by atoms with van der Waals surface area (Å²) in [6.45, 7) is 4.77. The summed E-state index contributed by atoms with van der Waals surface area (Å²) < 4.78 is 5.23. The van der Waals surface area contributed by atoms with E-state index in [0.717, 1.165) is 41.9 Å². The fourth-order valence-electron chi connectivity index (χ4n) is 3.26. The van der Waals surface area contributed by atoms with Crippen LogP contribution in [0, 0.1) is 12.8 Å². The van der Waals surface area contributed by atoms with Gasteiger partial charge in [0, 0.05) is 18.0 Å². The summed E-state index contributed by atoms with van der Waals surface area (Å²) in [6.07, 6.45) is 3.51. The number of carbonyl (C=O) groups excluding carboxylic acids is 1. The molecule has 1 aliphatic rings. The zero-order chi connectivity index (χ0) is 16.9. The highest BCUT2D eigenvalue weighted by Crippen LogP contribution is 2.21. The molecule has 24 heavy (non-hydrogen) atoms. The van der Waals surface area contributed by atoms with Crippen LogP contribution in [0.5, 0.6) is 5.75 Å². The smallest absolute Gasteiger partial charge is 0.253 e. The molecule has 128 valence electrons. The minimum atomic E-state index is -0.0403. The van der Waals surface area contributed by atoms with Crippen molar-refractivity contribution in [2.24, 2.45) is 5.92 Å². The molecule has 0 saturated carbocycles. The maximum atomic E-state index is 12.5. The third kappa shape index (κ3) is 3.85. The number of hydrogen-bond acceptors (Lipinski definition) is 4. The molecule has 2 N–H and O–H groups in total. The lowest BCUT2D eigenvalue weighted by molar-refractivity contribution is 0.0950. The second-order valence-electron chi connectivity index (χ2n) is 6.44. The van der Waals surface area contributed by atoms with Crippen molar-refractivity contribution < 1.29 is 9.53 Å². The molecule has 2 aromatic rings. The largest absolute Gasteiger partial charge is 0.497 e. The van der Waals surface area contributed by atoms with Crippen molar-refractivity contribution >= 4 is 16.8 Å². The zero-order valence-corrected chi connectivity index (χ0v) is 14.4. The van der Waals surface area contributed by atoms with E-state index in [0.29, 0.717) is 18.0 Å². The van der Waals surface area contributed by atoms with Crippen LogP contribution >= 0.6 is 0 Å². The molecule has 1 aromatic carbocycles. The standard InChI is InChI=1S/C19H25N3O2/c1-13-17(10-15-5-6-16(24-2)11-18(15)22-13)19(23)21-9-7-14-4-3-8-20-12-14/h5-6,10-11,14,20H,3-4,7-9,12H2,1-2H3,(H,21,23). The SMILES string of the molecule is COc1ccc2cc(C(=O)NCCC3CCCNC3)c(C)nc2c1. The van der Waals surface area contributed by atoms with Crippen LogP contribution in [0.3, 0.4) is 0 Å². The van der Waals surface area contributed by atoms with Crippen molar-refractivity contribution in [3.63, 3.8) is 0 Å². The Morgan fingerprint density at radius 2 is 2.29 bits per heavy atom. The molecular weight excluding hydrogens is 302 g/mol. The summed E-state index contributed by atoms with van der Waals surface area (Å²) in [5.41, 5.74) is 2.23. The Hall–Kier alpha value is -2.14. The summed E-state index contributed by atoms with van der Waals surface area (Å²) in [7, 11) is 1.64. The van der Waals surface area contributed by atoms with Crippen LogP contribution in [-0.2, 0) is 0 Å². The van der Waals surface area contributed by atoms with Crippen molar-refractivity contribution in [3.8, 4) is 5.75 Å². The number of aromatic nitrogens is 1. The molecule has 5 nitrogen and oxygen atoms in total. The van der Waals surface area contributed by atoms with Crippen LogP contribution in [0.1, 0.15) is 35.3 Å². The molecule has 1 fully saturated rings. The van der Waals surface area contributed by atoms with E-state index in [1.807, 2.05) is 31.2 Å². The van der Waals surface area contributed by atoms with Crippen LogP contribution < -0.4 is 15.4 Å². The van der Waals surface area contributed by atoms with Gasteiger partial charge in [-0.3, -0.25) is 9.78 Å². The predicted octanol–water partition coefficient (Wildman–Crippen LogP) is 2.67. The number of amides is 1. The topological polar surface area (TPSA) is 63.2 Å². The number of nitrogens with one attached hydrogen (secondary N) is 2. The minimum Gasteiger partial charge on any atom is -0.497 e. The highest BCUT2D eigenvalue weighted by molar-refractivity contribution is 5.98. The summed E-state index contributed by atoms with van der Waals surface area (Å²) in [4.78, 5) is 17.0. The van der Waals surface area contributed by atoms with Gasteiger partial charge in [0.25, 0.3) is 5.91 Å². The summed E-state index contributed by atoms with van der Waals surface area (Å²) in [5.74, 6) is 1.40. The number of rotatable bonds is 5. The van der Waals surface area contributed by atoms with Gasteiger partial charge in [0.1, 0.15) is 5.75 Å². The maximum Gasteiger partial charge on any atom is 0.253 e. The highest BCUT2D eigenvalue weighted by atomic mass is 16.5. The monoisotopic (exact) mass is 327 g/mol. The molecule has 1 unspecified atom stereocenters. The van der Waals surface area contributed by atoms with E-state index in [2.05, 4.69) is 15.6 Å². The number of ether oxygens (including phenoxy) is 1. The molecule has 1 amide bonds. The zero-order valence-electron chi connectivity index (χ0n) is 14.4. The lowest BCUT2D eigenvalue weighted by Crippen LogP contribution is -2.33. The summed E-state index contributed by atoms with van der Waals surface area (Å²) >= 11 is 0. The Bertz CT molecular complexity index is 724. The number of piperidine rings is 1. The molecule has 2 heterocycles. The Morgan fingerprint density at radius 3 is 3.04 bits per heavy atom. The van der Waals surface area contributed by atoms with Crippen LogP contribution in [0.15, 0.2) is 24.3 Å². The second-order valence-corrected chi connectivity index (χ2v) is 6.44. The molecule has 0 radical (unpaired) electrons. The summed E-state index contributed by atoms with van der Waals surface area (Å²) in [6, 6.07) is 7.62. The summed E-state index contributed by atoms with van der Waals surface area (Å²) in [5, 5.41) is 7.40. The molecule has 0 spiro atoms. The molecule has 1 aliphatic heterocycles. The van der Waals surface area contributed by atoms with Crippen molar-refractivity contribution in [2.45, 2.75) is 26.2 Å². The number of benzene rings is 1. The third-order valence-corrected chi connectivity index (χ3v) is 4.70. The van der Waals surface area contributed by atoms with E-state index in [4.69, 9.17) is 4.74 Å². The molecule has 0 aliphatic carbocycles. The molecule has 1 saturated heterocycles. The first-order valence-corrected chi connectivity index (χ1v) is 8.61. The van der Waals surface area contributed by atoms with Gasteiger partial charge in [-0.1, -0.05) is 0 Å². The van der Waals surface area contributed by atoms with Gasteiger partial charge in [-0.15, -0.1) is 0 Å². The number of hydrogen-bond donors (Lipinski definition) is 2. The average Bonchev–Trinajstić information content (AvgIpc) is 2.61. The molecule has 3 rings (SSSR count). The highest BCUT2D eigenvalue weighted by Gasteiger charge is 2.15. The van der Waals surface area contributed by atoms with E-state index < -0.39 is 0 Å². The minimum absolute atomic E-state index is 0.0403. The van der Waals surface area contributed by atoms with Gasteiger partial charge < -0.3 is 15.4 Å². The van der Waals surface area contributed by atoms with Gasteiger partial charge in [-0.05, 0) is 63.4 Å². The van der Waals surface area contributed by atoms with Gasteiger partial charge in [-0.25, -0.2) is 0 Å². The number of methoxy groups -OCH3 is 1. The van der Waals surface area contributed by atoms with Crippen molar-refractivity contribution in [2.75, 3.05) is 26.7 Å². The normalized spacial score (nSPS) is 17.7. The fraction of sp³-hybridized carbons (Fsp3) is 0.474. The molecular formula is C19H25N3O2. The van der Waals surface area contributed by atoms with E-state index in [-0.39, 0.29) is 5.91 Å². The number of pyridine rings is 1. The number of nitrogens with zero attached hydrogens (tertiary/aromatic N) is 1.